The normalized spacial score (nSPS) is 14.7. The number of carbonyl (C=O) groups excluding carboxylic acids is 3. The van der Waals surface area contributed by atoms with Gasteiger partial charge in [-0.25, -0.2) is 14.1 Å². The number of carbonyl (C=O) groups is 3. The van der Waals surface area contributed by atoms with Crippen LogP contribution in [0.25, 0.3) is 6.08 Å². The van der Waals surface area contributed by atoms with Gasteiger partial charge in [0.05, 0.1) is 15.9 Å². The van der Waals surface area contributed by atoms with Crippen molar-refractivity contribution in [2.75, 3.05) is 11.5 Å². The van der Waals surface area contributed by atoms with Crippen molar-refractivity contribution in [2.24, 2.45) is 0 Å². The molecule has 4 amide bonds. The topological polar surface area (TPSA) is 84.9 Å². The minimum Gasteiger partial charge on any atom is -0.490 e. The first-order valence-corrected chi connectivity index (χ1v) is 12.7. The zero-order chi connectivity index (χ0) is 26.7. The molecule has 1 heterocycles. The Hall–Kier alpha value is -3.44. The minimum absolute atomic E-state index is 0.0136. The molecule has 0 aliphatic carbocycles. The lowest BCUT2D eigenvalue weighted by atomic mass is 10.1. The lowest BCUT2D eigenvalue weighted by Gasteiger charge is -2.26. The number of hydrogen-bond acceptors (Lipinski definition) is 5. The van der Waals surface area contributed by atoms with Crippen molar-refractivity contribution in [2.45, 2.75) is 20.5 Å². The molecule has 1 aliphatic heterocycles. The van der Waals surface area contributed by atoms with Crippen LogP contribution in [0.5, 0.6) is 11.5 Å². The molecule has 37 heavy (non-hydrogen) atoms. The number of rotatable bonds is 7. The van der Waals surface area contributed by atoms with Gasteiger partial charge in [0.2, 0.25) is 0 Å². The Bertz CT molecular complexity index is 1440. The summed E-state index contributed by atoms with van der Waals surface area (Å²) in [6.45, 7) is 3.90. The van der Waals surface area contributed by atoms with Crippen molar-refractivity contribution in [3.8, 4) is 11.5 Å². The maximum absolute atomic E-state index is 14.0. The fraction of sp³-hybridized carbons (Fsp3) is 0.148. The van der Waals surface area contributed by atoms with Crippen LogP contribution in [-0.4, -0.2) is 24.5 Å². The van der Waals surface area contributed by atoms with Crippen LogP contribution in [-0.2, 0) is 16.2 Å². The van der Waals surface area contributed by atoms with E-state index in [1.54, 1.807) is 56.3 Å². The van der Waals surface area contributed by atoms with E-state index in [9.17, 15) is 18.8 Å². The first-order valence-electron chi connectivity index (χ1n) is 11.2. The van der Waals surface area contributed by atoms with E-state index < -0.39 is 17.8 Å². The van der Waals surface area contributed by atoms with Crippen LogP contribution < -0.4 is 19.7 Å². The van der Waals surface area contributed by atoms with Crippen LogP contribution in [0, 0.1) is 16.3 Å². The molecular formula is C27H21ClFIN2O5. The van der Waals surface area contributed by atoms with Crippen LogP contribution in [0.4, 0.5) is 14.9 Å². The molecule has 1 saturated heterocycles. The molecule has 3 aromatic carbocycles. The average molecular weight is 635 g/mol. The number of hydrogen-bond donors (Lipinski definition) is 1. The molecule has 4 rings (SSSR count). The molecule has 3 aromatic rings. The Balaban J connectivity index is 1.67. The monoisotopic (exact) mass is 634 g/mol. The van der Waals surface area contributed by atoms with Gasteiger partial charge >= 0.3 is 6.03 Å². The summed E-state index contributed by atoms with van der Waals surface area (Å²) < 4.78 is 26.3. The van der Waals surface area contributed by atoms with Crippen LogP contribution in [0.15, 0.2) is 60.2 Å². The maximum Gasteiger partial charge on any atom is 0.335 e. The molecule has 0 unspecified atom stereocenters. The average Bonchev–Trinajstić information content (AvgIpc) is 2.84. The van der Waals surface area contributed by atoms with Gasteiger partial charge in [-0.2, -0.15) is 0 Å². The fourth-order valence-corrected chi connectivity index (χ4v) is 4.58. The fourth-order valence-electron chi connectivity index (χ4n) is 3.62. The van der Waals surface area contributed by atoms with E-state index >= 15 is 0 Å². The number of aryl methyl sites for hydroxylation is 1. The number of urea groups is 1. The number of ether oxygens (including phenoxy) is 2. The second kappa shape index (κ2) is 11.3. The summed E-state index contributed by atoms with van der Waals surface area (Å²) in [4.78, 5) is 39.2. The number of anilines is 1. The molecule has 7 nitrogen and oxygen atoms in total. The van der Waals surface area contributed by atoms with Gasteiger partial charge in [0, 0.05) is 10.6 Å². The molecule has 0 atom stereocenters. The van der Waals surface area contributed by atoms with Crippen LogP contribution in [0.3, 0.4) is 0 Å². The van der Waals surface area contributed by atoms with Gasteiger partial charge in [0.1, 0.15) is 18.0 Å². The van der Waals surface area contributed by atoms with Crippen molar-refractivity contribution in [3.63, 3.8) is 0 Å². The Morgan fingerprint density at radius 1 is 1.08 bits per heavy atom. The van der Waals surface area contributed by atoms with E-state index in [-0.39, 0.29) is 23.7 Å². The molecule has 0 aromatic heterocycles. The predicted octanol–water partition coefficient (Wildman–Crippen LogP) is 6.04. The van der Waals surface area contributed by atoms with E-state index in [1.165, 1.54) is 18.2 Å². The van der Waals surface area contributed by atoms with Crippen molar-refractivity contribution in [3.05, 3.63) is 91.3 Å². The Morgan fingerprint density at radius 2 is 1.84 bits per heavy atom. The Morgan fingerprint density at radius 3 is 2.54 bits per heavy atom. The largest absolute Gasteiger partial charge is 0.490 e. The highest BCUT2D eigenvalue weighted by Gasteiger charge is 2.37. The van der Waals surface area contributed by atoms with Gasteiger partial charge in [-0.3, -0.25) is 14.9 Å². The summed E-state index contributed by atoms with van der Waals surface area (Å²) in [5.74, 6) is -1.23. The summed E-state index contributed by atoms with van der Waals surface area (Å²) in [6.07, 6.45) is 1.37. The minimum atomic E-state index is -0.867. The maximum atomic E-state index is 14.0. The van der Waals surface area contributed by atoms with Crippen molar-refractivity contribution < 1.29 is 28.2 Å². The summed E-state index contributed by atoms with van der Waals surface area (Å²) in [5, 5.41) is 2.57. The van der Waals surface area contributed by atoms with E-state index in [2.05, 4.69) is 5.32 Å². The standard InChI is InChI=1S/C27H21ClFIN2O5/c1-3-36-23-12-16(11-22(30)24(23)37-14-17-6-4-5-7-21(17)29)10-19-25(33)31-27(35)32(26(19)34)18-9-8-15(2)20(28)13-18/h4-13H,3,14H2,1-2H3,(H,31,33,35)/b19-10-. The van der Waals surface area contributed by atoms with Gasteiger partial charge < -0.3 is 9.47 Å². The zero-order valence-corrected chi connectivity index (χ0v) is 22.7. The third-order valence-electron chi connectivity index (χ3n) is 5.49. The summed E-state index contributed by atoms with van der Waals surface area (Å²) in [6, 6.07) is 13.5. The van der Waals surface area contributed by atoms with Crippen LogP contribution >= 0.6 is 34.2 Å². The molecule has 0 bridgehead atoms. The van der Waals surface area contributed by atoms with E-state index in [1.807, 2.05) is 22.6 Å². The Kier molecular flexibility index (Phi) is 8.13. The molecule has 0 radical (unpaired) electrons. The lowest BCUT2D eigenvalue weighted by molar-refractivity contribution is -0.122. The highest BCUT2D eigenvalue weighted by Crippen LogP contribution is 2.36. The molecule has 10 heteroatoms. The molecule has 0 saturated carbocycles. The number of halogens is 3. The van der Waals surface area contributed by atoms with Gasteiger partial charge in [0.25, 0.3) is 11.8 Å². The second-order valence-corrected chi connectivity index (χ2v) is 9.60. The molecule has 1 fully saturated rings. The highest BCUT2D eigenvalue weighted by atomic mass is 127. The van der Waals surface area contributed by atoms with Crippen molar-refractivity contribution >= 4 is 63.8 Å². The van der Waals surface area contributed by atoms with Crippen LogP contribution in [0.2, 0.25) is 5.02 Å². The van der Waals surface area contributed by atoms with Gasteiger partial charge in [0.15, 0.2) is 11.5 Å². The third kappa shape index (κ3) is 5.78. The first kappa shape index (κ1) is 26.6. The van der Waals surface area contributed by atoms with E-state index in [0.717, 1.165) is 10.5 Å². The number of barbiturate groups is 1. The summed E-state index contributed by atoms with van der Waals surface area (Å²) in [5.41, 5.74) is 1.63. The molecule has 190 valence electrons. The van der Waals surface area contributed by atoms with Gasteiger partial charge in [-0.05, 0) is 84.0 Å². The van der Waals surface area contributed by atoms with Crippen molar-refractivity contribution in [1.29, 1.82) is 0 Å². The molecule has 0 spiro atoms. The van der Waals surface area contributed by atoms with E-state index in [4.69, 9.17) is 21.1 Å². The number of nitrogens with zero attached hydrogens (tertiary/aromatic N) is 1. The quantitative estimate of drug-likeness (QED) is 0.195. The summed E-state index contributed by atoms with van der Waals surface area (Å²) in [7, 11) is 0. The lowest BCUT2D eigenvalue weighted by Crippen LogP contribution is -2.54. The van der Waals surface area contributed by atoms with Crippen LogP contribution in [0.1, 0.15) is 23.6 Å². The van der Waals surface area contributed by atoms with Crippen molar-refractivity contribution in [1.82, 2.24) is 5.32 Å². The number of benzene rings is 3. The molecule has 1 aliphatic rings. The highest BCUT2D eigenvalue weighted by molar-refractivity contribution is 14.1. The van der Waals surface area contributed by atoms with Gasteiger partial charge in [-0.15, -0.1) is 0 Å². The predicted molar refractivity (Wildman–Crippen MR) is 146 cm³/mol. The number of imide groups is 2. The smallest absolute Gasteiger partial charge is 0.335 e. The van der Waals surface area contributed by atoms with E-state index in [0.29, 0.717) is 37.8 Å². The summed E-state index contributed by atoms with van der Waals surface area (Å²) >= 11 is 8.22. The molecule has 1 N–H and O–H groups in total. The molecular weight excluding hydrogens is 614 g/mol. The first-order chi connectivity index (χ1) is 17.7. The second-order valence-electron chi connectivity index (χ2n) is 8.03. The SMILES string of the molecule is CCOc1cc(/C=C2/C(=O)NC(=O)N(c3ccc(C)c(Cl)c3)C2=O)cc(I)c1OCc1ccccc1F. The third-order valence-corrected chi connectivity index (χ3v) is 6.70. The van der Waals surface area contributed by atoms with Gasteiger partial charge in [-0.1, -0.05) is 35.9 Å². The number of nitrogens with one attached hydrogen (secondary N) is 1. The number of amides is 4. The zero-order valence-electron chi connectivity index (χ0n) is 19.8. The Labute approximate surface area is 231 Å².